The SMILES string of the molecule is CCC(C)CN(CC)C(=O)Cn1ccc(N)n1. The Bertz CT molecular complexity index is 361. The van der Waals surface area contributed by atoms with Gasteiger partial charge in [-0.2, -0.15) is 5.10 Å². The second kappa shape index (κ2) is 6.27. The normalized spacial score (nSPS) is 12.4. The van der Waals surface area contributed by atoms with E-state index in [1.807, 2.05) is 11.8 Å². The van der Waals surface area contributed by atoms with E-state index in [1.54, 1.807) is 16.9 Å². The first-order valence-electron chi connectivity index (χ1n) is 6.13. The van der Waals surface area contributed by atoms with Gasteiger partial charge in [-0.1, -0.05) is 20.3 Å². The molecule has 0 aliphatic rings. The Labute approximate surface area is 103 Å². The van der Waals surface area contributed by atoms with Crippen molar-refractivity contribution < 1.29 is 4.79 Å². The second-order valence-corrected chi connectivity index (χ2v) is 4.38. The Morgan fingerprint density at radius 1 is 1.59 bits per heavy atom. The van der Waals surface area contributed by atoms with Crippen molar-refractivity contribution in [2.45, 2.75) is 33.7 Å². The Hall–Kier alpha value is -1.52. The first-order valence-corrected chi connectivity index (χ1v) is 6.13. The van der Waals surface area contributed by atoms with Crippen molar-refractivity contribution in [2.24, 2.45) is 5.92 Å². The van der Waals surface area contributed by atoms with E-state index in [4.69, 9.17) is 5.73 Å². The van der Waals surface area contributed by atoms with Crippen LogP contribution in [0.25, 0.3) is 0 Å². The van der Waals surface area contributed by atoms with Gasteiger partial charge in [0, 0.05) is 19.3 Å². The van der Waals surface area contributed by atoms with Crippen LogP contribution < -0.4 is 5.73 Å². The highest BCUT2D eigenvalue weighted by Crippen LogP contribution is 2.05. The molecule has 1 atom stereocenters. The zero-order chi connectivity index (χ0) is 12.8. The molecule has 2 N–H and O–H groups in total. The molecule has 5 heteroatoms. The number of carbonyl (C=O) groups excluding carboxylic acids is 1. The van der Waals surface area contributed by atoms with Crippen LogP contribution in [0.3, 0.4) is 0 Å². The van der Waals surface area contributed by atoms with Crippen LogP contribution >= 0.6 is 0 Å². The van der Waals surface area contributed by atoms with E-state index in [-0.39, 0.29) is 12.5 Å². The second-order valence-electron chi connectivity index (χ2n) is 4.38. The summed E-state index contributed by atoms with van der Waals surface area (Å²) in [6.45, 7) is 8.10. The van der Waals surface area contributed by atoms with E-state index in [0.717, 1.165) is 19.5 Å². The summed E-state index contributed by atoms with van der Waals surface area (Å²) < 4.78 is 1.58. The topological polar surface area (TPSA) is 64.2 Å². The van der Waals surface area contributed by atoms with Crippen LogP contribution in [0.1, 0.15) is 27.2 Å². The monoisotopic (exact) mass is 238 g/mol. The molecular weight excluding hydrogens is 216 g/mol. The molecule has 0 spiro atoms. The third-order valence-electron chi connectivity index (χ3n) is 2.92. The maximum Gasteiger partial charge on any atom is 0.244 e. The number of rotatable bonds is 6. The van der Waals surface area contributed by atoms with Gasteiger partial charge < -0.3 is 10.6 Å². The van der Waals surface area contributed by atoms with E-state index in [1.165, 1.54) is 0 Å². The van der Waals surface area contributed by atoms with Gasteiger partial charge in [0.2, 0.25) is 5.91 Å². The molecule has 1 amide bonds. The number of carbonyl (C=O) groups is 1. The van der Waals surface area contributed by atoms with Gasteiger partial charge in [-0.25, -0.2) is 0 Å². The number of nitrogens with zero attached hydrogens (tertiary/aromatic N) is 3. The molecule has 1 aromatic rings. The maximum atomic E-state index is 12.0. The number of amides is 1. The van der Waals surface area contributed by atoms with E-state index >= 15 is 0 Å². The molecule has 0 saturated carbocycles. The third-order valence-corrected chi connectivity index (χ3v) is 2.92. The molecule has 17 heavy (non-hydrogen) atoms. The minimum Gasteiger partial charge on any atom is -0.382 e. The van der Waals surface area contributed by atoms with Gasteiger partial charge in [0.05, 0.1) is 0 Å². The summed E-state index contributed by atoms with van der Waals surface area (Å²) in [5, 5.41) is 4.01. The highest BCUT2D eigenvalue weighted by molar-refractivity contribution is 5.75. The van der Waals surface area contributed by atoms with Crippen molar-refractivity contribution in [1.29, 1.82) is 0 Å². The lowest BCUT2D eigenvalue weighted by Gasteiger charge is -2.24. The first kappa shape index (κ1) is 13.5. The van der Waals surface area contributed by atoms with Gasteiger partial charge in [0.25, 0.3) is 0 Å². The molecule has 1 aromatic heterocycles. The lowest BCUT2D eigenvalue weighted by atomic mass is 10.1. The van der Waals surface area contributed by atoms with E-state index in [0.29, 0.717) is 11.7 Å². The molecule has 0 bridgehead atoms. The number of aromatic nitrogens is 2. The van der Waals surface area contributed by atoms with Crippen molar-refractivity contribution in [3.8, 4) is 0 Å². The number of hydrogen-bond donors (Lipinski definition) is 1. The number of anilines is 1. The molecule has 96 valence electrons. The first-order chi connectivity index (χ1) is 8.06. The zero-order valence-electron chi connectivity index (χ0n) is 10.9. The maximum absolute atomic E-state index is 12.0. The Morgan fingerprint density at radius 2 is 2.29 bits per heavy atom. The molecule has 1 heterocycles. The summed E-state index contributed by atoms with van der Waals surface area (Å²) in [7, 11) is 0. The summed E-state index contributed by atoms with van der Waals surface area (Å²) in [5.74, 6) is 1.07. The van der Waals surface area contributed by atoms with Crippen molar-refractivity contribution in [1.82, 2.24) is 14.7 Å². The van der Waals surface area contributed by atoms with Crippen LogP contribution in [0.5, 0.6) is 0 Å². The Morgan fingerprint density at radius 3 is 2.76 bits per heavy atom. The van der Waals surface area contributed by atoms with Gasteiger partial charge >= 0.3 is 0 Å². The Balaban J connectivity index is 2.54. The molecule has 5 nitrogen and oxygen atoms in total. The molecule has 0 fully saturated rings. The zero-order valence-corrected chi connectivity index (χ0v) is 10.9. The van der Waals surface area contributed by atoms with Gasteiger partial charge in [-0.3, -0.25) is 9.48 Å². The highest BCUT2D eigenvalue weighted by atomic mass is 16.2. The summed E-state index contributed by atoms with van der Waals surface area (Å²) in [4.78, 5) is 13.9. The van der Waals surface area contributed by atoms with Crippen LogP contribution in [0.2, 0.25) is 0 Å². The average Bonchev–Trinajstić information content (AvgIpc) is 2.70. The summed E-state index contributed by atoms with van der Waals surface area (Å²) in [6, 6.07) is 1.69. The molecular formula is C12H22N4O. The van der Waals surface area contributed by atoms with Crippen molar-refractivity contribution in [3.05, 3.63) is 12.3 Å². The number of nitrogen functional groups attached to an aromatic ring is 1. The molecule has 0 radical (unpaired) electrons. The van der Waals surface area contributed by atoms with Crippen LogP contribution in [0, 0.1) is 5.92 Å². The minimum atomic E-state index is 0.0934. The van der Waals surface area contributed by atoms with Crippen LogP contribution in [0.4, 0.5) is 5.82 Å². The summed E-state index contributed by atoms with van der Waals surface area (Å²) >= 11 is 0. The lowest BCUT2D eigenvalue weighted by Crippen LogP contribution is -2.36. The molecule has 1 rings (SSSR count). The third kappa shape index (κ3) is 4.09. The predicted molar refractivity (Wildman–Crippen MR) is 68.3 cm³/mol. The van der Waals surface area contributed by atoms with Gasteiger partial charge in [0.15, 0.2) is 0 Å². The van der Waals surface area contributed by atoms with Crippen molar-refractivity contribution in [2.75, 3.05) is 18.8 Å². The fourth-order valence-electron chi connectivity index (χ4n) is 1.62. The number of likely N-dealkylation sites (N-methyl/N-ethyl adjacent to an activating group) is 1. The average molecular weight is 238 g/mol. The number of nitrogens with two attached hydrogens (primary N) is 1. The highest BCUT2D eigenvalue weighted by Gasteiger charge is 2.14. The fourth-order valence-corrected chi connectivity index (χ4v) is 1.62. The van der Waals surface area contributed by atoms with Crippen molar-refractivity contribution in [3.63, 3.8) is 0 Å². The summed E-state index contributed by atoms with van der Waals surface area (Å²) in [6.07, 6.45) is 2.81. The van der Waals surface area contributed by atoms with Gasteiger partial charge in [-0.05, 0) is 18.9 Å². The summed E-state index contributed by atoms with van der Waals surface area (Å²) in [5.41, 5.74) is 5.51. The molecule has 0 aliphatic heterocycles. The molecule has 1 unspecified atom stereocenters. The molecule has 0 saturated heterocycles. The minimum absolute atomic E-state index is 0.0934. The quantitative estimate of drug-likeness (QED) is 0.814. The van der Waals surface area contributed by atoms with Gasteiger partial charge in [-0.15, -0.1) is 0 Å². The van der Waals surface area contributed by atoms with Crippen LogP contribution in [-0.4, -0.2) is 33.7 Å². The largest absolute Gasteiger partial charge is 0.382 e. The lowest BCUT2D eigenvalue weighted by molar-refractivity contribution is -0.132. The van der Waals surface area contributed by atoms with E-state index in [2.05, 4.69) is 18.9 Å². The number of hydrogen-bond acceptors (Lipinski definition) is 3. The fraction of sp³-hybridized carbons (Fsp3) is 0.667. The standard InChI is InChI=1S/C12H22N4O/c1-4-10(3)8-15(5-2)12(17)9-16-7-6-11(13)14-16/h6-7,10H,4-5,8-9H2,1-3H3,(H2,13,14). The van der Waals surface area contributed by atoms with Gasteiger partial charge in [0.1, 0.15) is 12.4 Å². The van der Waals surface area contributed by atoms with Crippen LogP contribution in [-0.2, 0) is 11.3 Å². The Kier molecular flexibility index (Phi) is 5.00. The van der Waals surface area contributed by atoms with Crippen molar-refractivity contribution >= 4 is 11.7 Å². The predicted octanol–water partition coefficient (Wildman–Crippen LogP) is 1.36. The molecule has 0 aromatic carbocycles. The van der Waals surface area contributed by atoms with Crippen LogP contribution in [0.15, 0.2) is 12.3 Å². The van der Waals surface area contributed by atoms with E-state index < -0.39 is 0 Å². The molecule has 0 aliphatic carbocycles. The smallest absolute Gasteiger partial charge is 0.244 e. The van der Waals surface area contributed by atoms with E-state index in [9.17, 15) is 4.79 Å².